The van der Waals surface area contributed by atoms with Gasteiger partial charge in [-0.15, -0.1) is 0 Å². The molecule has 4 aliphatic rings. The molecule has 0 aromatic rings. The normalized spacial score (nSPS) is 46.2. The van der Waals surface area contributed by atoms with E-state index in [0.717, 1.165) is 25.8 Å². The van der Waals surface area contributed by atoms with E-state index in [4.69, 9.17) is 0 Å². The van der Waals surface area contributed by atoms with Gasteiger partial charge in [-0.05, 0) is 119 Å². The standard InChI is InChI=1S/C26H46N2O2/c1-18-5-6-23-22(16-27-20-9-13-28(4)14-10-20)24(8-12-25(18,23)2)26(3)11-7-21(30)15-19(26)17-29/h19-24,27,29-30H,1,5-17H2,2-4H3/t19-,21+,22+,23+,24+,25-,26+/m1/s1. The van der Waals surface area contributed by atoms with Crippen molar-refractivity contribution in [3.8, 4) is 0 Å². The number of aliphatic hydroxyl groups excluding tert-OH is 2. The number of piperidine rings is 1. The topological polar surface area (TPSA) is 55.7 Å². The van der Waals surface area contributed by atoms with Gasteiger partial charge in [0, 0.05) is 12.6 Å². The highest BCUT2D eigenvalue weighted by molar-refractivity contribution is 5.21. The lowest BCUT2D eigenvalue weighted by molar-refractivity contribution is -0.0938. The fraction of sp³-hybridized carbons (Fsp3) is 0.923. The molecule has 0 amide bonds. The number of likely N-dealkylation sites (tertiary alicyclic amines) is 1. The molecule has 4 rings (SSSR count). The summed E-state index contributed by atoms with van der Waals surface area (Å²) in [4.78, 5) is 2.44. The van der Waals surface area contributed by atoms with Crippen molar-refractivity contribution < 1.29 is 10.2 Å². The summed E-state index contributed by atoms with van der Waals surface area (Å²) in [7, 11) is 2.23. The monoisotopic (exact) mass is 418 g/mol. The summed E-state index contributed by atoms with van der Waals surface area (Å²) in [5, 5.41) is 24.6. The molecule has 4 fully saturated rings. The highest BCUT2D eigenvalue weighted by Gasteiger charge is 2.56. The smallest absolute Gasteiger partial charge is 0.0544 e. The molecule has 0 aromatic carbocycles. The minimum atomic E-state index is -0.230. The SMILES string of the molecule is C=C1CC[C@H]2[C@H](CNC3CCN(C)CC3)[C@@H]([C@@]3(C)CC[C@H](O)C[C@@H]3CO)CC[C@]12C. The van der Waals surface area contributed by atoms with Crippen LogP contribution in [0.1, 0.15) is 71.6 Å². The zero-order valence-electron chi connectivity index (χ0n) is 19.7. The molecule has 172 valence electrons. The van der Waals surface area contributed by atoms with Gasteiger partial charge in [-0.1, -0.05) is 26.0 Å². The second-order valence-corrected chi connectivity index (χ2v) is 11.8. The summed E-state index contributed by atoms with van der Waals surface area (Å²) in [5.74, 6) is 2.22. The minimum absolute atomic E-state index is 0.137. The number of rotatable bonds is 5. The van der Waals surface area contributed by atoms with Crippen molar-refractivity contribution in [1.82, 2.24) is 10.2 Å². The molecule has 4 heteroatoms. The third kappa shape index (κ3) is 4.02. The summed E-state index contributed by atoms with van der Waals surface area (Å²) in [6.07, 6.45) is 9.98. The molecule has 1 heterocycles. The maximum Gasteiger partial charge on any atom is 0.0544 e. The molecule has 4 nitrogen and oxygen atoms in total. The van der Waals surface area contributed by atoms with E-state index in [-0.39, 0.29) is 24.0 Å². The van der Waals surface area contributed by atoms with Gasteiger partial charge in [0.25, 0.3) is 0 Å². The largest absolute Gasteiger partial charge is 0.396 e. The van der Waals surface area contributed by atoms with Gasteiger partial charge in [-0.2, -0.15) is 0 Å². The number of allylic oxidation sites excluding steroid dienone is 1. The third-order valence-corrected chi connectivity index (χ3v) is 10.3. The number of aliphatic hydroxyl groups is 2. The summed E-state index contributed by atoms with van der Waals surface area (Å²) in [6, 6.07) is 0.647. The molecule has 7 atom stereocenters. The van der Waals surface area contributed by atoms with Crippen LogP contribution in [0.2, 0.25) is 0 Å². The van der Waals surface area contributed by atoms with E-state index in [0.29, 0.717) is 29.2 Å². The molecule has 0 spiro atoms. The first-order valence-corrected chi connectivity index (χ1v) is 12.7. The van der Waals surface area contributed by atoms with Crippen LogP contribution in [0.5, 0.6) is 0 Å². The van der Waals surface area contributed by atoms with Crippen LogP contribution >= 0.6 is 0 Å². The van der Waals surface area contributed by atoms with Crippen LogP contribution < -0.4 is 5.32 Å². The van der Waals surface area contributed by atoms with Crippen molar-refractivity contribution in [3.63, 3.8) is 0 Å². The first kappa shape index (κ1) is 22.8. The van der Waals surface area contributed by atoms with Crippen LogP contribution in [-0.2, 0) is 0 Å². The molecular formula is C26H46N2O2. The van der Waals surface area contributed by atoms with E-state index in [1.165, 1.54) is 57.2 Å². The van der Waals surface area contributed by atoms with Crippen molar-refractivity contribution in [2.45, 2.75) is 83.8 Å². The lowest BCUT2D eigenvalue weighted by Crippen LogP contribution is -2.54. The first-order valence-electron chi connectivity index (χ1n) is 12.7. The molecule has 3 N–H and O–H groups in total. The zero-order valence-corrected chi connectivity index (χ0v) is 19.7. The van der Waals surface area contributed by atoms with Gasteiger partial charge in [0.2, 0.25) is 0 Å². The van der Waals surface area contributed by atoms with Gasteiger partial charge in [0.05, 0.1) is 6.10 Å². The Morgan fingerprint density at radius 3 is 2.50 bits per heavy atom. The number of fused-ring (bicyclic) bond motifs is 1. The second kappa shape index (κ2) is 8.84. The van der Waals surface area contributed by atoms with Crippen molar-refractivity contribution >= 4 is 0 Å². The maximum absolute atomic E-state index is 10.3. The Bertz CT molecular complexity index is 616. The van der Waals surface area contributed by atoms with Gasteiger partial charge in [-0.25, -0.2) is 0 Å². The molecule has 3 saturated carbocycles. The molecule has 1 saturated heterocycles. The maximum atomic E-state index is 10.3. The molecule has 0 radical (unpaired) electrons. The van der Waals surface area contributed by atoms with Gasteiger partial charge in [0.1, 0.15) is 0 Å². The highest BCUT2D eigenvalue weighted by atomic mass is 16.3. The number of nitrogens with one attached hydrogen (secondary N) is 1. The Balaban J connectivity index is 1.55. The van der Waals surface area contributed by atoms with E-state index in [9.17, 15) is 10.2 Å². The highest BCUT2D eigenvalue weighted by Crippen LogP contribution is 2.63. The lowest BCUT2D eigenvalue weighted by atomic mass is 9.49. The molecule has 0 bridgehead atoms. The molecule has 1 aliphatic heterocycles. The average Bonchev–Trinajstić information content (AvgIpc) is 3.04. The van der Waals surface area contributed by atoms with Crippen molar-refractivity contribution in [3.05, 3.63) is 12.2 Å². The Hall–Kier alpha value is -0.420. The Kier molecular flexibility index (Phi) is 6.71. The van der Waals surface area contributed by atoms with E-state index in [1.54, 1.807) is 0 Å². The summed E-state index contributed by atoms with van der Waals surface area (Å²) >= 11 is 0. The minimum Gasteiger partial charge on any atom is -0.396 e. The zero-order chi connectivity index (χ0) is 21.5. The molecule has 30 heavy (non-hydrogen) atoms. The Morgan fingerprint density at radius 2 is 1.80 bits per heavy atom. The van der Waals surface area contributed by atoms with Gasteiger partial charge >= 0.3 is 0 Å². The van der Waals surface area contributed by atoms with Crippen molar-refractivity contribution in [2.75, 3.05) is 33.3 Å². The lowest BCUT2D eigenvalue weighted by Gasteiger charge is -2.57. The van der Waals surface area contributed by atoms with E-state index < -0.39 is 0 Å². The Labute approximate surface area is 184 Å². The summed E-state index contributed by atoms with van der Waals surface area (Å²) < 4.78 is 0. The van der Waals surface area contributed by atoms with Crippen molar-refractivity contribution in [2.24, 2.45) is 34.5 Å². The third-order valence-electron chi connectivity index (χ3n) is 10.3. The van der Waals surface area contributed by atoms with Crippen LogP contribution in [0, 0.1) is 34.5 Å². The number of hydrogen-bond donors (Lipinski definition) is 3. The fourth-order valence-electron chi connectivity index (χ4n) is 7.98. The first-order chi connectivity index (χ1) is 14.3. The summed E-state index contributed by atoms with van der Waals surface area (Å²) in [6.45, 7) is 13.2. The van der Waals surface area contributed by atoms with Gasteiger partial charge in [0.15, 0.2) is 0 Å². The predicted molar refractivity (Wildman–Crippen MR) is 123 cm³/mol. The Morgan fingerprint density at radius 1 is 1.07 bits per heavy atom. The predicted octanol–water partition coefficient (Wildman–Crippen LogP) is 3.83. The summed E-state index contributed by atoms with van der Waals surface area (Å²) in [5.41, 5.74) is 1.92. The van der Waals surface area contributed by atoms with E-state index in [2.05, 4.69) is 37.7 Å². The van der Waals surface area contributed by atoms with Crippen LogP contribution in [-0.4, -0.2) is 60.5 Å². The van der Waals surface area contributed by atoms with Gasteiger partial charge < -0.3 is 20.4 Å². The molecule has 3 aliphatic carbocycles. The molecule has 0 unspecified atom stereocenters. The molecular weight excluding hydrogens is 372 g/mol. The van der Waals surface area contributed by atoms with Crippen LogP contribution in [0.15, 0.2) is 12.2 Å². The molecule has 0 aromatic heterocycles. The van der Waals surface area contributed by atoms with E-state index in [1.807, 2.05) is 0 Å². The van der Waals surface area contributed by atoms with Crippen LogP contribution in [0.25, 0.3) is 0 Å². The van der Waals surface area contributed by atoms with Crippen molar-refractivity contribution in [1.29, 1.82) is 0 Å². The average molecular weight is 419 g/mol. The quantitative estimate of drug-likeness (QED) is 0.594. The van der Waals surface area contributed by atoms with Crippen LogP contribution in [0.3, 0.4) is 0 Å². The van der Waals surface area contributed by atoms with E-state index >= 15 is 0 Å². The number of nitrogens with zero attached hydrogens (tertiary/aromatic N) is 1. The fourth-order valence-corrected chi connectivity index (χ4v) is 7.98. The number of hydrogen-bond acceptors (Lipinski definition) is 4. The second-order valence-electron chi connectivity index (χ2n) is 11.8. The van der Waals surface area contributed by atoms with Gasteiger partial charge in [-0.3, -0.25) is 0 Å². The van der Waals surface area contributed by atoms with Crippen LogP contribution in [0.4, 0.5) is 0 Å².